The third kappa shape index (κ3) is 6.06. The Labute approximate surface area is 107 Å². The molecule has 2 N–H and O–H groups in total. The number of nitrogens with one attached hydrogen (secondary N) is 2. The van der Waals surface area contributed by atoms with Gasteiger partial charge in [0.2, 0.25) is 5.91 Å². The van der Waals surface area contributed by atoms with Crippen molar-refractivity contribution >= 4 is 5.91 Å². The molecule has 0 aromatic heterocycles. The first-order valence-corrected chi connectivity index (χ1v) is 6.96. The number of carbonyl (C=O) groups excluding carboxylic acids is 1. The SMILES string of the molecule is CCCC(C)NC(=O)C(C)NC(C)(CC)CC. The van der Waals surface area contributed by atoms with Crippen LogP contribution in [0.25, 0.3) is 0 Å². The van der Waals surface area contributed by atoms with E-state index in [1.165, 1.54) is 0 Å². The summed E-state index contributed by atoms with van der Waals surface area (Å²) in [7, 11) is 0. The Morgan fingerprint density at radius 1 is 1.18 bits per heavy atom. The van der Waals surface area contributed by atoms with E-state index in [1.807, 2.05) is 6.92 Å². The molecule has 102 valence electrons. The fourth-order valence-corrected chi connectivity index (χ4v) is 1.92. The van der Waals surface area contributed by atoms with Crippen LogP contribution in [0.5, 0.6) is 0 Å². The molecule has 0 aliphatic carbocycles. The molecular weight excluding hydrogens is 212 g/mol. The average Bonchev–Trinajstić information content (AvgIpc) is 2.28. The van der Waals surface area contributed by atoms with Gasteiger partial charge in [0.15, 0.2) is 0 Å². The molecular formula is C14H30N2O. The number of carbonyl (C=O) groups is 1. The molecule has 3 nitrogen and oxygen atoms in total. The predicted molar refractivity (Wildman–Crippen MR) is 74.1 cm³/mol. The molecule has 0 aromatic rings. The van der Waals surface area contributed by atoms with Crippen molar-refractivity contribution in [2.75, 3.05) is 0 Å². The number of hydrogen-bond donors (Lipinski definition) is 2. The van der Waals surface area contributed by atoms with Crippen molar-refractivity contribution in [3.63, 3.8) is 0 Å². The zero-order valence-electron chi connectivity index (χ0n) is 12.4. The minimum Gasteiger partial charge on any atom is -0.352 e. The summed E-state index contributed by atoms with van der Waals surface area (Å²) >= 11 is 0. The van der Waals surface area contributed by atoms with Gasteiger partial charge < -0.3 is 10.6 Å². The second kappa shape index (κ2) is 7.70. The second-order valence-electron chi connectivity index (χ2n) is 5.33. The molecule has 17 heavy (non-hydrogen) atoms. The Bertz CT molecular complexity index is 224. The fraction of sp³-hybridized carbons (Fsp3) is 0.929. The highest BCUT2D eigenvalue weighted by atomic mass is 16.2. The summed E-state index contributed by atoms with van der Waals surface area (Å²) in [6, 6.07) is 0.144. The minimum atomic E-state index is -0.126. The van der Waals surface area contributed by atoms with Gasteiger partial charge in [-0.15, -0.1) is 0 Å². The Hall–Kier alpha value is -0.570. The lowest BCUT2D eigenvalue weighted by atomic mass is 9.94. The molecule has 3 heteroatoms. The first-order valence-electron chi connectivity index (χ1n) is 6.96. The molecule has 2 unspecified atom stereocenters. The van der Waals surface area contributed by atoms with E-state index in [1.54, 1.807) is 0 Å². The Morgan fingerprint density at radius 3 is 2.12 bits per heavy atom. The predicted octanol–water partition coefficient (Wildman–Crippen LogP) is 2.85. The molecule has 0 saturated carbocycles. The summed E-state index contributed by atoms with van der Waals surface area (Å²) in [5.74, 6) is 0.110. The van der Waals surface area contributed by atoms with Gasteiger partial charge in [-0.1, -0.05) is 27.2 Å². The highest BCUT2D eigenvalue weighted by molar-refractivity contribution is 5.81. The van der Waals surface area contributed by atoms with E-state index < -0.39 is 0 Å². The molecule has 0 saturated heterocycles. The van der Waals surface area contributed by atoms with Gasteiger partial charge in [-0.2, -0.15) is 0 Å². The molecule has 0 aliphatic rings. The largest absolute Gasteiger partial charge is 0.352 e. The summed E-state index contributed by atoms with van der Waals surface area (Å²) in [4.78, 5) is 12.0. The maximum atomic E-state index is 12.0. The third-order valence-electron chi connectivity index (χ3n) is 3.63. The van der Waals surface area contributed by atoms with Gasteiger partial charge in [-0.3, -0.25) is 4.79 Å². The third-order valence-corrected chi connectivity index (χ3v) is 3.63. The van der Waals surface area contributed by atoms with Crippen LogP contribution in [-0.2, 0) is 4.79 Å². The molecule has 0 heterocycles. The maximum absolute atomic E-state index is 12.0. The van der Waals surface area contributed by atoms with Crippen LogP contribution < -0.4 is 10.6 Å². The van der Waals surface area contributed by atoms with Crippen molar-refractivity contribution in [1.29, 1.82) is 0 Å². The molecule has 0 aromatic carbocycles. The lowest BCUT2D eigenvalue weighted by molar-refractivity contribution is -0.124. The fourth-order valence-electron chi connectivity index (χ4n) is 1.92. The van der Waals surface area contributed by atoms with E-state index >= 15 is 0 Å². The van der Waals surface area contributed by atoms with Crippen molar-refractivity contribution in [2.24, 2.45) is 0 Å². The van der Waals surface area contributed by atoms with Gasteiger partial charge in [-0.05, 0) is 40.0 Å². The van der Waals surface area contributed by atoms with Crippen molar-refractivity contribution in [2.45, 2.75) is 84.8 Å². The van der Waals surface area contributed by atoms with Crippen LogP contribution >= 0.6 is 0 Å². The smallest absolute Gasteiger partial charge is 0.237 e. The molecule has 0 bridgehead atoms. The number of rotatable bonds is 8. The van der Waals surface area contributed by atoms with Gasteiger partial charge in [0, 0.05) is 11.6 Å². The van der Waals surface area contributed by atoms with Crippen molar-refractivity contribution in [1.82, 2.24) is 10.6 Å². The normalized spacial score (nSPS) is 15.4. The molecule has 1 amide bonds. The molecule has 0 radical (unpaired) electrons. The topological polar surface area (TPSA) is 41.1 Å². The van der Waals surface area contributed by atoms with Gasteiger partial charge >= 0.3 is 0 Å². The second-order valence-corrected chi connectivity index (χ2v) is 5.33. The Morgan fingerprint density at radius 2 is 1.71 bits per heavy atom. The summed E-state index contributed by atoms with van der Waals surface area (Å²) < 4.78 is 0. The maximum Gasteiger partial charge on any atom is 0.237 e. The van der Waals surface area contributed by atoms with Gasteiger partial charge in [0.1, 0.15) is 0 Å². The zero-order chi connectivity index (χ0) is 13.5. The molecule has 0 rings (SSSR count). The summed E-state index contributed by atoms with van der Waals surface area (Å²) in [5, 5.41) is 6.48. The minimum absolute atomic E-state index is 0.0603. The first kappa shape index (κ1) is 16.4. The van der Waals surface area contributed by atoms with Gasteiger partial charge in [0.25, 0.3) is 0 Å². The quantitative estimate of drug-likeness (QED) is 0.687. The van der Waals surface area contributed by atoms with Crippen LogP contribution in [0.1, 0.15) is 67.2 Å². The molecule has 2 atom stereocenters. The van der Waals surface area contributed by atoms with Crippen LogP contribution in [0.4, 0.5) is 0 Å². The van der Waals surface area contributed by atoms with E-state index in [-0.39, 0.29) is 23.5 Å². The standard InChI is InChI=1S/C14H30N2O/c1-7-10-11(4)15-13(17)12(5)16-14(6,8-2)9-3/h11-12,16H,7-10H2,1-6H3,(H,15,17). The van der Waals surface area contributed by atoms with E-state index in [0.29, 0.717) is 0 Å². The van der Waals surface area contributed by atoms with Crippen LogP contribution in [0.3, 0.4) is 0 Å². The molecule has 0 spiro atoms. The monoisotopic (exact) mass is 242 g/mol. The van der Waals surface area contributed by atoms with Crippen molar-refractivity contribution < 1.29 is 4.79 Å². The van der Waals surface area contributed by atoms with Crippen molar-refractivity contribution in [3.8, 4) is 0 Å². The molecule has 0 fully saturated rings. The summed E-state index contributed by atoms with van der Waals surface area (Å²) in [5.41, 5.74) is 0.0603. The van der Waals surface area contributed by atoms with Crippen LogP contribution in [0.15, 0.2) is 0 Å². The molecule has 0 aliphatic heterocycles. The van der Waals surface area contributed by atoms with Crippen LogP contribution in [0, 0.1) is 0 Å². The Balaban J connectivity index is 4.22. The Kier molecular flexibility index (Phi) is 7.44. The van der Waals surface area contributed by atoms with Crippen molar-refractivity contribution in [3.05, 3.63) is 0 Å². The lowest BCUT2D eigenvalue weighted by Gasteiger charge is -2.32. The van der Waals surface area contributed by atoms with E-state index in [0.717, 1.165) is 25.7 Å². The zero-order valence-corrected chi connectivity index (χ0v) is 12.4. The summed E-state index contributed by atoms with van der Waals surface area (Å²) in [6.07, 6.45) is 4.21. The lowest BCUT2D eigenvalue weighted by Crippen LogP contribution is -2.53. The van der Waals surface area contributed by atoms with E-state index in [4.69, 9.17) is 0 Å². The average molecular weight is 242 g/mol. The van der Waals surface area contributed by atoms with Crippen LogP contribution in [0.2, 0.25) is 0 Å². The highest BCUT2D eigenvalue weighted by Crippen LogP contribution is 2.14. The van der Waals surface area contributed by atoms with E-state index in [9.17, 15) is 4.79 Å². The highest BCUT2D eigenvalue weighted by Gasteiger charge is 2.25. The number of amides is 1. The summed E-state index contributed by atoms with van der Waals surface area (Å²) in [6.45, 7) is 12.6. The van der Waals surface area contributed by atoms with E-state index in [2.05, 4.69) is 45.3 Å². The van der Waals surface area contributed by atoms with Gasteiger partial charge in [-0.25, -0.2) is 0 Å². The van der Waals surface area contributed by atoms with Crippen LogP contribution in [-0.4, -0.2) is 23.5 Å². The van der Waals surface area contributed by atoms with Gasteiger partial charge in [0.05, 0.1) is 6.04 Å². The first-order chi connectivity index (χ1) is 7.88. The number of hydrogen-bond acceptors (Lipinski definition) is 2.